The molecule has 2 aromatic rings. The Labute approximate surface area is 162 Å². The number of methoxy groups -OCH3 is 2. The summed E-state index contributed by atoms with van der Waals surface area (Å²) in [6.45, 7) is 8.22. The van der Waals surface area contributed by atoms with E-state index < -0.39 is 0 Å². The van der Waals surface area contributed by atoms with Crippen LogP contribution in [-0.2, 0) is 0 Å². The quantitative estimate of drug-likeness (QED) is 0.449. The van der Waals surface area contributed by atoms with Gasteiger partial charge in [-0.05, 0) is 62.2 Å². The van der Waals surface area contributed by atoms with Gasteiger partial charge in [0.25, 0.3) is 0 Å². The largest absolute Gasteiger partial charge is 0.497 e. The van der Waals surface area contributed by atoms with Gasteiger partial charge in [0.15, 0.2) is 5.78 Å². The van der Waals surface area contributed by atoms with Crippen molar-refractivity contribution in [2.24, 2.45) is 0 Å². The predicted molar refractivity (Wildman–Crippen MR) is 112 cm³/mol. The molecule has 0 fully saturated rings. The lowest BCUT2D eigenvalue weighted by molar-refractivity contribution is 0.102. The number of benzene rings is 2. The molecule has 0 atom stereocenters. The maximum atomic E-state index is 13.1. The number of rotatable bonds is 9. The number of ketones is 1. The van der Waals surface area contributed by atoms with Gasteiger partial charge in [0, 0.05) is 24.4 Å². The Kier molecular flexibility index (Phi) is 7.47. The van der Waals surface area contributed by atoms with Gasteiger partial charge >= 0.3 is 0 Å². The lowest BCUT2D eigenvalue weighted by atomic mass is 9.98. The third kappa shape index (κ3) is 4.91. The molecular weight excluding hydrogens is 338 g/mol. The Morgan fingerprint density at radius 3 is 2.15 bits per heavy atom. The van der Waals surface area contributed by atoms with Gasteiger partial charge in [-0.25, -0.2) is 0 Å². The number of hydrogen-bond donors (Lipinski definition) is 0. The van der Waals surface area contributed by atoms with Gasteiger partial charge in [-0.1, -0.05) is 19.1 Å². The summed E-state index contributed by atoms with van der Waals surface area (Å²) in [6.07, 6.45) is 2.59. The molecule has 2 aromatic carbocycles. The molecule has 0 amide bonds. The molecule has 0 N–H and O–H groups in total. The van der Waals surface area contributed by atoms with Crippen molar-refractivity contribution in [3.05, 3.63) is 59.2 Å². The van der Waals surface area contributed by atoms with E-state index in [-0.39, 0.29) is 5.78 Å². The van der Waals surface area contributed by atoms with Crippen molar-refractivity contribution in [2.45, 2.75) is 27.2 Å². The van der Waals surface area contributed by atoms with Crippen LogP contribution in [-0.4, -0.2) is 33.1 Å². The number of allylic oxidation sites excluding steroid dienone is 1. The molecule has 0 aliphatic rings. The highest BCUT2D eigenvalue weighted by Gasteiger charge is 2.17. The van der Waals surface area contributed by atoms with Crippen LogP contribution in [0.4, 0.5) is 5.69 Å². The van der Waals surface area contributed by atoms with Gasteiger partial charge in [-0.3, -0.25) is 4.79 Å². The SMILES string of the molecule is CCC(=Cc1ccc(N(CC)CC)cc1)C(=O)c1cc(OC)ccc1OC. The zero-order valence-corrected chi connectivity index (χ0v) is 16.9. The summed E-state index contributed by atoms with van der Waals surface area (Å²) < 4.78 is 10.6. The van der Waals surface area contributed by atoms with E-state index in [1.54, 1.807) is 32.4 Å². The molecule has 0 radical (unpaired) electrons. The molecule has 0 unspecified atom stereocenters. The van der Waals surface area contributed by atoms with Crippen LogP contribution >= 0.6 is 0 Å². The fourth-order valence-electron chi connectivity index (χ4n) is 3.06. The number of ether oxygens (including phenoxy) is 2. The topological polar surface area (TPSA) is 38.8 Å². The normalized spacial score (nSPS) is 11.2. The third-order valence-electron chi connectivity index (χ3n) is 4.69. The van der Waals surface area contributed by atoms with Crippen LogP contribution in [0, 0.1) is 0 Å². The van der Waals surface area contributed by atoms with Crippen molar-refractivity contribution in [1.82, 2.24) is 0 Å². The first-order valence-electron chi connectivity index (χ1n) is 9.40. The average Bonchev–Trinajstić information content (AvgIpc) is 2.72. The first-order valence-corrected chi connectivity index (χ1v) is 9.40. The second-order valence-electron chi connectivity index (χ2n) is 6.18. The molecule has 2 rings (SSSR count). The molecule has 0 spiro atoms. The first kappa shape index (κ1) is 20.6. The van der Waals surface area contributed by atoms with E-state index in [4.69, 9.17) is 9.47 Å². The van der Waals surface area contributed by atoms with Gasteiger partial charge in [0.2, 0.25) is 0 Å². The summed E-state index contributed by atoms with van der Waals surface area (Å²) in [7, 11) is 3.16. The number of Topliss-reactive ketones (excluding diaryl/α,β-unsaturated/α-hetero) is 1. The standard InChI is InChI=1S/C23H29NO3/c1-6-18(15-17-9-11-19(12-10-17)24(7-2)8-3)23(25)21-16-20(26-4)13-14-22(21)27-5/h9-16H,6-8H2,1-5H3. The Morgan fingerprint density at radius 1 is 0.963 bits per heavy atom. The van der Waals surface area contributed by atoms with E-state index in [9.17, 15) is 4.79 Å². The Bertz CT molecular complexity index is 790. The Balaban J connectivity index is 2.34. The zero-order valence-electron chi connectivity index (χ0n) is 16.9. The summed E-state index contributed by atoms with van der Waals surface area (Å²) in [5.74, 6) is 1.15. The minimum absolute atomic E-state index is 0.0407. The van der Waals surface area contributed by atoms with Crippen LogP contribution in [0.15, 0.2) is 48.0 Å². The summed E-state index contributed by atoms with van der Waals surface area (Å²) in [5.41, 5.74) is 3.45. The molecule has 4 nitrogen and oxygen atoms in total. The monoisotopic (exact) mass is 367 g/mol. The van der Waals surface area contributed by atoms with E-state index in [0.29, 0.717) is 23.5 Å². The van der Waals surface area contributed by atoms with Crippen molar-refractivity contribution in [3.8, 4) is 11.5 Å². The van der Waals surface area contributed by atoms with Crippen molar-refractivity contribution in [1.29, 1.82) is 0 Å². The minimum atomic E-state index is -0.0407. The number of carbonyl (C=O) groups excluding carboxylic acids is 1. The molecular formula is C23H29NO3. The molecule has 0 aliphatic carbocycles. The molecule has 0 heterocycles. The Hall–Kier alpha value is -2.75. The molecule has 0 bridgehead atoms. The highest BCUT2D eigenvalue weighted by atomic mass is 16.5. The second kappa shape index (κ2) is 9.81. The molecule has 0 aromatic heterocycles. The zero-order chi connectivity index (χ0) is 19.8. The van der Waals surface area contributed by atoms with Gasteiger partial charge < -0.3 is 14.4 Å². The fourth-order valence-corrected chi connectivity index (χ4v) is 3.06. The van der Waals surface area contributed by atoms with Crippen molar-refractivity contribution < 1.29 is 14.3 Å². The third-order valence-corrected chi connectivity index (χ3v) is 4.69. The van der Waals surface area contributed by atoms with Gasteiger partial charge in [-0.2, -0.15) is 0 Å². The van der Waals surface area contributed by atoms with Crippen molar-refractivity contribution in [3.63, 3.8) is 0 Å². The lowest BCUT2D eigenvalue weighted by Crippen LogP contribution is -2.21. The highest BCUT2D eigenvalue weighted by Crippen LogP contribution is 2.28. The smallest absolute Gasteiger partial charge is 0.192 e. The number of carbonyl (C=O) groups is 1. The predicted octanol–water partition coefficient (Wildman–Crippen LogP) is 5.23. The van der Waals surface area contributed by atoms with E-state index >= 15 is 0 Å². The first-order chi connectivity index (χ1) is 13.1. The van der Waals surface area contributed by atoms with Crippen LogP contribution in [0.3, 0.4) is 0 Å². The maximum Gasteiger partial charge on any atom is 0.192 e. The van der Waals surface area contributed by atoms with Crippen molar-refractivity contribution in [2.75, 3.05) is 32.2 Å². The number of anilines is 1. The minimum Gasteiger partial charge on any atom is -0.497 e. The number of hydrogen-bond acceptors (Lipinski definition) is 4. The lowest BCUT2D eigenvalue weighted by Gasteiger charge is -2.21. The van der Waals surface area contributed by atoms with Crippen LogP contribution in [0.25, 0.3) is 6.08 Å². The van der Waals surface area contributed by atoms with Gasteiger partial charge in [0.05, 0.1) is 19.8 Å². The van der Waals surface area contributed by atoms with E-state index in [1.165, 1.54) is 5.69 Å². The van der Waals surface area contributed by atoms with E-state index in [0.717, 1.165) is 24.2 Å². The van der Waals surface area contributed by atoms with Crippen molar-refractivity contribution >= 4 is 17.5 Å². The van der Waals surface area contributed by atoms with Gasteiger partial charge in [-0.15, -0.1) is 0 Å². The molecule has 4 heteroatoms. The number of nitrogens with zero attached hydrogens (tertiary/aromatic N) is 1. The molecule has 27 heavy (non-hydrogen) atoms. The van der Waals surface area contributed by atoms with Gasteiger partial charge in [0.1, 0.15) is 11.5 Å². The van der Waals surface area contributed by atoms with E-state index in [1.807, 2.05) is 13.0 Å². The summed E-state index contributed by atoms with van der Waals surface area (Å²) in [4.78, 5) is 15.4. The summed E-state index contributed by atoms with van der Waals surface area (Å²) >= 11 is 0. The molecule has 144 valence electrons. The highest BCUT2D eigenvalue weighted by molar-refractivity contribution is 6.13. The summed E-state index contributed by atoms with van der Waals surface area (Å²) in [5, 5.41) is 0. The average molecular weight is 367 g/mol. The fraction of sp³-hybridized carbons (Fsp3) is 0.348. The maximum absolute atomic E-state index is 13.1. The van der Waals surface area contributed by atoms with E-state index in [2.05, 4.69) is 43.0 Å². The second-order valence-corrected chi connectivity index (χ2v) is 6.18. The van der Waals surface area contributed by atoms with Crippen LogP contribution in [0.2, 0.25) is 0 Å². The Morgan fingerprint density at radius 2 is 1.63 bits per heavy atom. The van der Waals surface area contributed by atoms with Crippen LogP contribution < -0.4 is 14.4 Å². The molecule has 0 saturated carbocycles. The summed E-state index contributed by atoms with van der Waals surface area (Å²) in [6, 6.07) is 13.6. The molecule has 0 saturated heterocycles. The van der Waals surface area contributed by atoms with Crippen LogP contribution in [0.5, 0.6) is 11.5 Å². The van der Waals surface area contributed by atoms with Crippen LogP contribution in [0.1, 0.15) is 43.1 Å². The molecule has 0 aliphatic heterocycles.